The van der Waals surface area contributed by atoms with E-state index in [1.807, 2.05) is 0 Å². The van der Waals surface area contributed by atoms with Crippen molar-refractivity contribution in [1.82, 2.24) is 4.90 Å². The molecule has 1 saturated carbocycles. The highest BCUT2D eigenvalue weighted by Gasteiger charge is 2.27. The molecule has 1 N–H and O–H groups in total. The van der Waals surface area contributed by atoms with Gasteiger partial charge in [-0.25, -0.2) is 4.79 Å². The van der Waals surface area contributed by atoms with Gasteiger partial charge in [-0.05, 0) is 31.0 Å². The first-order valence-electron chi connectivity index (χ1n) is 7.00. The van der Waals surface area contributed by atoms with Gasteiger partial charge in [0, 0.05) is 24.2 Å². The maximum atomic E-state index is 10.4. The third kappa shape index (κ3) is 4.65. The van der Waals surface area contributed by atoms with E-state index < -0.39 is 5.97 Å². The molecule has 0 atom stereocenters. The number of rotatable bonds is 2. The minimum absolute atomic E-state index is 0.0658. The molecular formula is C15H19Cl2NO2. The van der Waals surface area contributed by atoms with Gasteiger partial charge in [0.2, 0.25) is 0 Å². The Hall–Kier alpha value is -0.770. The minimum atomic E-state index is -1.05. The summed E-state index contributed by atoms with van der Waals surface area (Å²) < 4.78 is 0. The van der Waals surface area contributed by atoms with Crippen molar-refractivity contribution in [2.75, 3.05) is 13.1 Å². The van der Waals surface area contributed by atoms with Crippen LogP contribution in [0.5, 0.6) is 0 Å². The molecule has 0 aromatic heterocycles. The van der Waals surface area contributed by atoms with Crippen molar-refractivity contribution in [3.63, 3.8) is 0 Å². The molecule has 0 spiro atoms. The van der Waals surface area contributed by atoms with E-state index in [4.69, 9.17) is 28.3 Å². The zero-order chi connectivity index (χ0) is 14.5. The van der Waals surface area contributed by atoms with Crippen LogP contribution < -0.4 is 0 Å². The average Bonchev–Trinajstić information content (AvgIpc) is 3.24. The van der Waals surface area contributed by atoms with Crippen LogP contribution in [-0.4, -0.2) is 35.1 Å². The molecule has 5 heteroatoms. The van der Waals surface area contributed by atoms with Gasteiger partial charge in [-0.2, -0.15) is 0 Å². The Labute approximate surface area is 129 Å². The van der Waals surface area contributed by atoms with Crippen LogP contribution >= 0.6 is 23.2 Å². The number of carboxylic acids is 1. The van der Waals surface area contributed by atoms with E-state index in [-0.39, 0.29) is 10.6 Å². The number of benzene rings is 1. The van der Waals surface area contributed by atoms with Crippen LogP contribution in [0.15, 0.2) is 18.2 Å². The SMILES string of the molecule is C1CCC(N2CC2)CC1.O=C(O)c1ccc(Cl)cc1Cl. The summed E-state index contributed by atoms with van der Waals surface area (Å²) in [6.45, 7) is 2.79. The van der Waals surface area contributed by atoms with Gasteiger partial charge < -0.3 is 5.11 Å². The van der Waals surface area contributed by atoms with Crippen molar-refractivity contribution in [2.24, 2.45) is 0 Å². The lowest BCUT2D eigenvalue weighted by Crippen LogP contribution is -2.21. The van der Waals surface area contributed by atoms with E-state index in [9.17, 15) is 4.79 Å². The third-order valence-electron chi connectivity index (χ3n) is 3.73. The van der Waals surface area contributed by atoms with Crippen LogP contribution in [0.4, 0.5) is 0 Å². The van der Waals surface area contributed by atoms with Gasteiger partial charge in [0.1, 0.15) is 0 Å². The van der Waals surface area contributed by atoms with Crippen LogP contribution in [0, 0.1) is 0 Å². The van der Waals surface area contributed by atoms with Crippen molar-refractivity contribution < 1.29 is 9.90 Å². The largest absolute Gasteiger partial charge is 0.478 e. The van der Waals surface area contributed by atoms with Crippen LogP contribution in [0.3, 0.4) is 0 Å². The number of carboxylic acid groups (broad SMARTS) is 1. The Morgan fingerprint density at radius 2 is 1.80 bits per heavy atom. The van der Waals surface area contributed by atoms with Crippen molar-refractivity contribution in [2.45, 2.75) is 38.1 Å². The molecule has 1 saturated heterocycles. The molecular weight excluding hydrogens is 297 g/mol. The number of nitrogens with zero attached hydrogens (tertiary/aromatic N) is 1. The Bertz CT molecular complexity index is 469. The molecule has 1 heterocycles. The lowest BCUT2D eigenvalue weighted by Gasteiger charge is -2.22. The topological polar surface area (TPSA) is 40.3 Å². The van der Waals surface area contributed by atoms with Crippen molar-refractivity contribution in [3.8, 4) is 0 Å². The Morgan fingerprint density at radius 1 is 1.15 bits per heavy atom. The first-order valence-corrected chi connectivity index (χ1v) is 7.76. The number of halogens is 2. The summed E-state index contributed by atoms with van der Waals surface area (Å²) in [6.07, 6.45) is 7.44. The van der Waals surface area contributed by atoms with Crippen LogP contribution in [0.2, 0.25) is 10.0 Å². The lowest BCUT2D eigenvalue weighted by molar-refractivity contribution is 0.0697. The molecule has 1 aromatic carbocycles. The molecule has 2 aliphatic rings. The smallest absolute Gasteiger partial charge is 0.337 e. The first kappa shape index (κ1) is 15.6. The third-order valence-corrected chi connectivity index (χ3v) is 4.28. The first-order chi connectivity index (χ1) is 9.58. The predicted molar refractivity (Wildman–Crippen MR) is 81.9 cm³/mol. The second-order valence-electron chi connectivity index (χ2n) is 5.26. The van der Waals surface area contributed by atoms with Gasteiger partial charge in [-0.3, -0.25) is 4.90 Å². The van der Waals surface area contributed by atoms with Gasteiger partial charge >= 0.3 is 5.97 Å². The van der Waals surface area contributed by atoms with Crippen LogP contribution in [0.1, 0.15) is 42.5 Å². The fraction of sp³-hybridized carbons (Fsp3) is 0.533. The van der Waals surface area contributed by atoms with Crippen molar-refractivity contribution in [1.29, 1.82) is 0 Å². The van der Waals surface area contributed by atoms with E-state index in [2.05, 4.69) is 4.90 Å². The Balaban J connectivity index is 0.000000149. The number of hydrogen-bond donors (Lipinski definition) is 1. The highest BCUT2D eigenvalue weighted by Crippen LogP contribution is 2.26. The molecule has 0 unspecified atom stereocenters. The van der Waals surface area contributed by atoms with Gasteiger partial charge in [0.25, 0.3) is 0 Å². The quantitative estimate of drug-likeness (QED) is 0.826. The van der Waals surface area contributed by atoms with Crippen molar-refractivity contribution in [3.05, 3.63) is 33.8 Å². The lowest BCUT2D eigenvalue weighted by atomic mass is 9.96. The molecule has 3 rings (SSSR count). The Morgan fingerprint density at radius 3 is 2.30 bits per heavy atom. The van der Waals surface area contributed by atoms with E-state index in [0.29, 0.717) is 5.02 Å². The highest BCUT2D eigenvalue weighted by atomic mass is 35.5. The minimum Gasteiger partial charge on any atom is -0.478 e. The zero-order valence-electron chi connectivity index (χ0n) is 11.3. The number of hydrogen-bond acceptors (Lipinski definition) is 2. The summed E-state index contributed by atoms with van der Waals surface area (Å²) in [5.41, 5.74) is 0.0658. The number of aromatic carboxylic acids is 1. The standard InChI is InChI=1S/C8H15N.C7H4Cl2O2/c1-2-4-8(5-3-1)9-6-7-9;8-4-1-2-5(7(10)11)6(9)3-4/h8H,1-7H2;1-3H,(H,10,11). The summed E-state index contributed by atoms with van der Waals surface area (Å²) in [4.78, 5) is 13.0. The molecule has 0 bridgehead atoms. The normalized spacial score (nSPS) is 19.1. The summed E-state index contributed by atoms with van der Waals surface area (Å²) >= 11 is 11.1. The Kier molecular flexibility index (Phi) is 5.70. The van der Waals surface area contributed by atoms with Gasteiger partial charge in [-0.1, -0.05) is 42.5 Å². The molecule has 20 heavy (non-hydrogen) atoms. The second-order valence-corrected chi connectivity index (χ2v) is 6.10. The van der Waals surface area contributed by atoms with Crippen molar-refractivity contribution >= 4 is 29.2 Å². The highest BCUT2D eigenvalue weighted by molar-refractivity contribution is 6.36. The second kappa shape index (κ2) is 7.30. The van der Waals surface area contributed by atoms with Crippen LogP contribution in [-0.2, 0) is 0 Å². The maximum absolute atomic E-state index is 10.4. The monoisotopic (exact) mass is 315 g/mol. The van der Waals surface area contributed by atoms with Gasteiger partial charge in [-0.15, -0.1) is 0 Å². The average molecular weight is 316 g/mol. The molecule has 1 aliphatic heterocycles. The predicted octanol–water partition coefficient (Wildman–Crippen LogP) is 4.33. The molecule has 0 amide bonds. The summed E-state index contributed by atoms with van der Waals surface area (Å²) in [6, 6.07) is 5.25. The summed E-state index contributed by atoms with van der Waals surface area (Å²) in [5.74, 6) is -1.05. The van der Waals surface area contributed by atoms with E-state index >= 15 is 0 Å². The molecule has 1 aromatic rings. The molecule has 1 aliphatic carbocycles. The van der Waals surface area contributed by atoms with E-state index in [0.717, 1.165) is 6.04 Å². The fourth-order valence-corrected chi connectivity index (χ4v) is 3.02. The van der Waals surface area contributed by atoms with Gasteiger partial charge in [0.05, 0.1) is 10.6 Å². The molecule has 0 radical (unpaired) electrons. The zero-order valence-corrected chi connectivity index (χ0v) is 12.8. The molecule has 3 nitrogen and oxygen atoms in total. The summed E-state index contributed by atoms with van der Waals surface area (Å²) in [5, 5.41) is 9.12. The fourth-order valence-electron chi connectivity index (χ4n) is 2.53. The molecule has 110 valence electrons. The summed E-state index contributed by atoms with van der Waals surface area (Å²) in [7, 11) is 0. The molecule has 2 fully saturated rings. The van der Waals surface area contributed by atoms with Crippen LogP contribution in [0.25, 0.3) is 0 Å². The number of carbonyl (C=O) groups is 1. The maximum Gasteiger partial charge on any atom is 0.337 e. The van der Waals surface area contributed by atoms with E-state index in [1.165, 1.54) is 63.4 Å². The van der Waals surface area contributed by atoms with Gasteiger partial charge in [0.15, 0.2) is 0 Å². The van der Waals surface area contributed by atoms with E-state index in [1.54, 1.807) is 0 Å².